The molecule has 0 N–H and O–H groups in total. The molecule has 2 nitrogen and oxygen atoms in total. The van der Waals surface area contributed by atoms with Crippen LogP contribution in [0, 0.1) is 0 Å². The Morgan fingerprint density at radius 3 is 2.60 bits per heavy atom. The van der Waals surface area contributed by atoms with Crippen LogP contribution in [-0.2, 0) is 4.74 Å². The van der Waals surface area contributed by atoms with Crippen LogP contribution in [-0.4, -0.2) is 13.1 Å². The molecular formula is C12H9BrO2. The number of methoxy groups -OCH3 is 1. The topological polar surface area (TPSA) is 26.3 Å². The van der Waals surface area contributed by atoms with Gasteiger partial charge in [-0.25, -0.2) is 4.79 Å². The highest BCUT2D eigenvalue weighted by Crippen LogP contribution is 2.21. The summed E-state index contributed by atoms with van der Waals surface area (Å²) in [5, 5.41) is 2.12. The first-order valence-electron chi connectivity index (χ1n) is 4.48. The molecule has 0 unspecified atom stereocenters. The van der Waals surface area contributed by atoms with Gasteiger partial charge in [0.1, 0.15) is 0 Å². The lowest BCUT2D eigenvalue weighted by atomic mass is 10.1. The van der Waals surface area contributed by atoms with E-state index in [1.165, 1.54) is 7.11 Å². The molecule has 0 spiro atoms. The molecule has 0 bridgehead atoms. The van der Waals surface area contributed by atoms with Crippen LogP contribution in [0.2, 0.25) is 0 Å². The van der Waals surface area contributed by atoms with Gasteiger partial charge in [-0.05, 0) is 35.0 Å². The maximum Gasteiger partial charge on any atom is 0.337 e. The zero-order valence-electron chi connectivity index (χ0n) is 8.16. The number of benzene rings is 2. The van der Waals surface area contributed by atoms with E-state index in [1.54, 1.807) is 6.07 Å². The lowest BCUT2D eigenvalue weighted by Gasteiger charge is -2.02. The van der Waals surface area contributed by atoms with Crippen molar-refractivity contribution in [1.29, 1.82) is 0 Å². The SMILES string of the molecule is COC(=O)c1ccc2ccc(Br)cc2c1. The molecule has 0 saturated heterocycles. The summed E-state index contributed by atoms with van der Waals surface area (Å²) in [6.07, 6.45) is 0. The maximum absolute atomic E-state index is 11.3. The second kappa shape index (κ2) is 4.03. The van der Waals surface area contributed by atoms with Crippen LogP contribution < -0.4 is 0 Å². The first kappa shape index (κ1) is 10.2. The number of carbonyl (C=O) groups excluding carboxylic acids is 1. The highest BCUT2D eigenvalue weighted by atomic mass is 79.9. The molecular weight excluding hydrogens is 256 g/mol. The van der Waals surface area contributed by atoms with Crippen molar-refractivity contribution in [1.82, 2.24) is 0 Å². The van der Waals surface area contributed by atoms with Gasteiger partial charge in [0.15, 0.2) is 0 Å². The number of fused-ring (bicyclic) bond motifs is 1. The van der Waals surface area contributed by atoms with Crippen molar-refractivity contribution in [3.05, 3.63) is 46.4 Å². The maximum atomic E-state index is 11.3. The molecule has 0 fully saturated rings. The second-order valence-corrected chi connectivity index (χ2v) is 4.11. The summed E-state index contributed by atoms with van der Waals surface area (Å²) in [6.45, 7) is 0. The third kappa shape index (κ3) is 2.02. The molecule has 15 heavy (non-hydrogen) atoms. The second-order valence-electron chi connectivity index (χ2n) is 3.20. The Hall–Kier alpha value is -1.35. The van der Waals surface area contributed by atoms with E-state index in [2.05, 4.69) is 20.7 Å². The molecule has 0 heterocycles. The quantitative estimate of drug-likeness (QED) is 0.739. The van der Waals surface area contributed by atoms with Gasteiger partial charge in [-0.15, -0.1) is 0 Å². The molecule has 3 heteroatoms. The van der Waals surface area contributed by atoms with Crippen molar-refractivity contribution < 1.29 is 9.53 Å². The van der Waals surface area contributed by atoms with E-state index in [0.29, 0.717) is 5.56 Å². The highest BCUT2D eigenvalue weighted by molar-refractivity contribution is 9.10. The number of rotatable bonds is 1. The van der Waals surface area contributed by atoms with E-state index in [4.69, 9.17) is 0 Å². The average molecular weight is 265 g/mol. The Kier molecular flexibility index (Phi) is 2.73. The standard InChI is InChI=1S/C12H9BrO2/c1-15-12(14)9-3-2-8-4-5-11(13)7-10(8)6-9/h2-7H,1H3. The van der Waals surface area contributed by atoms with Crippen molar-refractivity contribution in [2.75, 3.05) is 7.11 Å². The molecule has 0 radical (unpaired) electrons. The fourth-order valence-corrected chi connectivity index (χ4v) is 1.84. The minimum Gasteiger partial charge on any atom is -0.465 e. The molecule has 0 aliphatic heterocycles. The highest BCUT2D eigenvalue weighted by Gasteiger charge is 2.05. The largest absolute Gasteiger partial charge is 0.465 e. The normalized spacial score (nSPS) is 10.3. The average Bonchev–Trinajstić information content (AvgIpc) is 2.27. The predicted molar refractivity (Wildman–Crippen MR) is 63.0 cm³/mol. The van der Waals surface area contributed by atoms with Gasteiger partial charge in [-0.3, -0.25) is 0 Å². The van der Waals surface area contributed by atoms with Crippen LogP contribution in [0.1, 0.15) is 10.4 Å². The molecule has 0 aliphatic rings. The van der Waals surface area contributed by atoms with Gasteiger partial charge < -0.3 is 4.74 Å². The predicted octanol–water partition coefficient (Wildman–Crippen LogP) is 3.39. The Labute approximate surface area is 96.0 Å². The van der Waals surface area contributed by atoms with Crippen LogP contribution >= 0.6 is 15.9 Å². The van der Waals surface area contributed by atoms with E-state index in [-0.39, 0.29) is 5.97 Å². The van der Waals surface area contributed by atoms with Crippen LogP contribution in [0.25, 0.3) is 10.8 Å². The van der Waals surface area contributed by atoms with E-state index >= 15 is 0 Å². The Bertz CT molecular complexity index is 520. The smallest absolute Gasteiger partial charge is 0.337 e. The van der Waals surface area contributed by atoms with Crippen LogP contribution in [0.5, 0.6) is 0 Å². The van der Waals surface area contributed by atoms with E-state index in [1.807, 2.05) is 30.3 Å². The third-order valence-corrected chi connectivity index (χ3v) is 2.72. The first-order chi connectivity index (χ1) is 7.20. The Morgan fingerprint density at radius 2 is 1.87 bits per heavy atom. The number of esters is 1. The fourth-order valence-electron chi connectivity index (χ4n) is 1.46. The lowest BCUT2D eigenvalue weighted by Crippen LogP contribution is -2.00. The van der Waals surface area contributed by atoms with Crippen molar-refractivity contribution in [3.63, 3.8) is 0 Å². The van der Waals surface area contributed by atoms with Crippen molar-refractivity contribution in [2.24, 2.45) is 0 Å². The van der Waals surface area contributed by atoms with Crippen LogP contribution in [0.3, 0.4) is 0 Å². The van der Waals surface area contributed by atoms with E-state index in [9.17, 15) is 4.79 Å². The number of carbonyl (C=O) groups is 1. The van der Waals surface area contributed by atoms with Gasteiger partial charge in [0.2, 0.25) is 0 Å². The summed E-state index contributed by atoms with van der Waals surface area (Å²) in [7, 11) is 1.38. The lowest BCUT2D eigenvalue weighted by molar-refractivity contribution is 0.0601. The molecule has 0 amide bonds. The van der Waals surface area contributed by atoms with Gasteiger partial charge in [-0.1, -0.05) is 28.1 Å². The summed E-state index contributed by atoms with van der Waals surface area (Å²) in [6, 6.07) is 11.4. The summed E-state index contributed by atoms with van der Waals surface area (Å²) in [4.78, 5) is 11.3. The van der Waals surface area contributed by atoms with Gasteiger partial charge in [0.05, 0.1) is 12.7 Å². The molecule has 0 saturated carbocycles. The van der Waals surface area contributed by atoms with Gasteiger partial charge >= 0.3 is 5.97 Å². The van der Waals surface area contributed by atoms with Gasteiger partial charge in [0, 0.05) is 4.47 Å². The van der Waals surface area contributed by atoms with Crippen molar-refractivity contribution in [3.8, 4) is 0 Å². The molecule has 2 aromatic carbocycles. The summed E-state index contributed by atoms with van der Waals surface area (Å²) < 4.78 is 5.66. The fraction of sp³-hybridized carbons (Fsp3) is 0.0833. The summed E-state index contributed by atoms with van der Waals surface area (Å²) >= 11 is 3.39. The van der Waals surface area contributed by atoms with Crippen molar-refractivity contribution in [2.45, 2.75) is 0 Å². The Morgan fingerprint density at radius 1 is 1.13 bits per heavy atom. The monoisotopic (exact) mass is 264 g/mol. The summed E-state index contributed by atoms with van der Waals surface area (Å²) in [5.41, 5.74) is 0.572. The molecule has 2 aromatic rings. The van der Waals surface area contributed by atoms with Crippen LogP contribution in [0.4, 0.5) is 0 Å². The number of halogens is 1. The van der Waals surface area contributed by atoms with Gasteiger partial charge in [0.25, 0.3) is 0 Å². The number of hydrogen-bond donors (Lipinski definition) is 0. The summed E-state index contributed by atoms with van der Waals surface area (Å²) in [5.74, 6) is -0.308. The molecule has 76 valence electrons. The number of hydrogen-bond acceptors (Lipinski definition) is 2. The van der Waals surface area contributed by atoms with Gasteiger partial charge in [-0.2, -0.15) is 0 Å². The zero-order valence-corrected chi connectivity index (χ0v) is 9.74. The molecule has 2 rings (SSSR count). The minimum atomic E-state index is -0.308. The van der Waals surface area contributed by atoms with E-state index in [0.717, 1.165) is 15.2 Å². The molecule has 0 aliphatic carbocycles. The number of ether oxygens (including phenoxy) is 1. The van der Waals surface area contributed by atoms with E-state index < -0.39 is 0 Å². The molecule has 0 aromatic heterocycles. The minimum absolute atomic E-state index is 0.308. The van der Waals surface area contributed by atoms with Crippen molar-refractivity contribution >= 4 is 32.7 Å². The third-order valence-electron chi connectivity index (χ3n) is 2.22. The molecule has 0 atom stereocenters. The van der Waals surface area contributed by atoms with Crippen LogP contribution in [0.15, 0.2) is 40.9 Å². The first-order valence-corrected chi connectivity index (χ1v) is 5.27. The zero-order chi connectivity index (χ0) is 10.8. The Balaban J connectivity index is 2.59.